The van der Waals surface area contributed by atoms with Crippen LogP contribution < -0.4 is 22.9 Å². The molecule has 0 saturated heterocycles. The lowest BCUT2D eigenvalue weighted by molar-refractivity contribution is 1.31. The normalized spacial score (nSPS) is 9.71. The third-order valence-electron chi connectivity index (χ3n) is 2.95. The highest BCUT2D eigenvalue weighted by atomic mass is 14.8. The highest BCUT2D eigenvalue weighted by Crippen LogP contribution is 2.33. The van der Waals surface area contributed by atoms with E-state index >= 15 is 0 Å². The van der Waals surface area contributed by atoms with E-state index in [1.54, 1.807) is 24.8 Å². The molecule has 0 radical (unpaired) electrons. The Balaban J connectivity index is 0.000000272. The van der Waals surface area contributed by atoms with Crippen LogP contribution in [0.2, 0.25) is 0 Å². The Kier molecular flexibility index (Phi) is 4.30. The summed E-state index contributed by atoms with van der Waals surface area (Å²) in [4.78, 5) is 6.42. The number of aromatic nitrogens is 2. The molecule has 21 heavy (non-hydrogen) atoms. The second-order valence-electron chi connectivity index (χ2n) is 4.41. The zero-order valence-electron chi connectivity index (χ0n) is 11.5. The van der Waals surface area contributed by atoms with Crippen molar-refractivity contribution < 1.29 is 0 Å². The third kappa shape index (κ3) is 3.44. The van der Waals surface area contributed by atoms with Crippen LogP contribution in [0.15, 0.2) is 55.1 Å². The van der Waals surface area contributed by atoms with Crippen molar-refractivity contribution in [2.24, 2.45) is 0 Å². The van der Waals surface area contributed by atoms with Crippen molar-refractivity contribution in [3.8, 4) is 11.1 Å². The van der Waals surface area contributed by atoms with Gasteiger partial charge in [0.15, 0.2) is 0 Å². The number of nitrogens with two attached hydrogens (primary N) is 4. The van der Waals surface area contributed by atoms with Crippen molar-refractivity contribution in [3.05, 3.63) is 55.1 Å². The molecule has 1 heterocycles. The van der Waals surface area contributed by atoms with Crippen molar-refractivity contribution in [3.63, 3.8) is 0 Å². The van der Waals surface area contributed by atoms with Crippen LogP contribution in [-0.4, -0.2) is 9.97 Å². The number of rotatable bonds is 1. The summed E-state index contributed by atoms with van der Waals surface area (Å²) >= 11 is 0. The quantitative estimate of drug-likeness (QED) is 0.436. The van der Waals surface area contributed by atoms with Crippen molar-refractivity contribution in [2.45, 2.75) is 0 Å². The lowest BCUT2D eigenvalue weighted by Crippen LogP contribution is -2.01. The third-order valence-corrected chi connectivity index (χ3v) is 2.95. The largest absolute Gasteiger partial charge is 0.399 e. The molecule has 0 atom stereocenters. The van der Waals surface area contributed by atoms with E-state index in [9.17, 15) is 0 Å². The first-order valence-electron chi connectivity index (χ1n) is 6.31. The summed E-state index contributed by atoms with van der Waals surface area (Å²) < 4.78 is 0. The molecule has 0 bridgehead atoms. The van der Waals surface area contributed by atoms with Gasteiger partial charge in [0.1, 0.15) is 0 Å². The molecule has 2 aromatic carbocycles. The molecule has 3 aromatic rings. The molecule has 3 rings (SSSR count). The zero-order chi connectivity index (χ0) is 15.2. The van der Waals surface area contributed by atoms with Gasteiger partial charge in [-0.1, -0.05) is 18.2 Å². The van der Waals surface area contributed by atoms with Gasteiger partial charge in [0.05, 0.1) is 23.4 Å². The number of hydrogen-bond acceptors (Lipinski definition) is 5. The molecule has 6 nitrogen and oxygen atoms in total. The lowest BCUT2D eigenvalue weighted by Gasteiger charge is -2.10. The van der Waals surface area contributed by atoms with Gasteiger partial charge in [0, 0.05) is 23.6 Å². The summed E-state index contributed by atoms with van der Waals surface area (Å²) in [5, 5.41) is 0. The second kappa shape index (κ2) is 6.33. The molecule has 9 N–H and O–H groups in total. The first-order chi connectivity index (χ1) is 10.1. The molecule has 1 aromatic heterocycles. The minimum atomic E-state index is 0.425. The van der Waals surface area contributed by atoms with E-state index < -0.39 is 0 Å². The van der Waals surface area contributed by atoms with Crippen molar-refractivity contribution in [1.29, 1.82) is 0 Å². The van der Waals surface area contributed by atoms with E-state index in [-0.39, 0.29) is 0 Å². The Labute approximate surface area is 122 Å². The smallest absolute Gasteiger partial charge is 0.0919 e. The molecule has 0 amide bonds. The number of nitrogens with one attached hydrogen (secondary N) is 1. The number of H-pyrrole nitrogens is 1. The van der Waals surface area contributed by atoms with Gasteiger partial charge < -0.3 is 27.9 Å². The number of imidazole rings is 1. The number of nitrogen functional groups attached to an aromatic ring is 4. The Hall–Kier alpha value is -3.15. The predicted molar refractivity (Wildman–Crippen MR) is 88.1 cm³/mol. The van der Waals surface area contributed by atoms with Crippen LogP contribution in [0.25, 0.3) is 11.1 Å². The van der Waals surface area contributed by atoms with Crippen molar-refractivity contribution in [2.75, 3.05) is 22.9 Å². The number of nitrogens with zero attached hydrogens (tertiary/aromatic N) is 1. The van der Waals surface area contributed by atoms with Gasteiger partial charge in [-0.05, 0) is 23.8 Å². The molecular formula is C15H18N6. The summed E-state index contributed by atoms with van der Waals surface area (Å²) in [5.41, 5.74) is 27.0. The highest BCUT2D eigenvalue weighted by Gasteiger charge is 2.07. The molecule has 0 fully saturated rings. The summed E-state index contributed by atoms with van der Waals surface area (Å²) in [7, 11) is 0. The maximum absolute atomic E-state index is 5.92. The van der Waals surface area contributed by atoms with Gasteiger partial charge in [0.25, 0.3) is 0 Å². The van der Waals surface area contributed by atoms with Gasteiger partial charge in [-0.15, -0.1) is 0 Å². The number of aromatic amines is 1. The van der Waals surface area contributed by atoms with Gasteiger partial charge in [-0.3, -0.25) is 0 Å². The van der Waals surface area contributed by atoms with Crippen LogP contribution in [0.4, 0.5) is 22.7 Å². The molecular weight excluding hydrogens is 264 g/mol. The summed E-state index contributed by atoms with van der Waals surface area (Å²) in [5.74, 6) is 0. The van der Waals surface area contributed by atoms with E-state index in [1.807, 2.05) is 30.3 Å². The Morgan fingerprint density at radius 1 is 0.810 bits per heavy atom. The molecule has 6 heteroatoms. The van der Waals surface area contributed by atoms with E-state index in [2.05, 4.69) is 9.97 Å². The fourth-order valence-electron chi connectivity index (χ4n) is 1.78. The van der Waals surface area contributed by atoms with Crippen LogP contribution in [0, 0.1) is 0 Å². The molecule has 0 aliphatic rings. The van der Waals surface area contributed by atoms with Crippen LogP contribution >= 0.6 is 0 Å². The monoisotopic (exact) mass is 282 g/mol. The van der Waals surface area contributed by atoms with Crippen LogP contribution in [0.1, 0.15) is 0 Å². The topological polar surface area (TPSA) is 133 Å². The summed E-state index contributed by atoms with van der Waals surface area (Å²) in [6, 6.07) is 11.0. The fraction of sp³-hybridized carbons (Fsp3) is 0. The van der Waals surface area contributed by atoms with Crippen molar-refractivity contribution >= 4 is 22.7 Å². The zero-order valence-corrected chi connectivity index (χ0v) is 11.5. The average Bonchev–Trinajstić information content (AvgIpc) is 3.06. The van der Waals surface area contributed by atoms with E-state index in [0.717, 1.165) is 11.1 Å². The minimum Gasteiger partial charge on any atom is -0.399 e. The molecule has 0 aliphatic carbocycles. The molecule has 0 saturated carbocycles. The lowest BCUT2D eigenvalue weighted by atomic mass is 10.0. The first kappa shape index (κ1) is 14.3. The highest BCUT2D eigenvalue weighted by molar-refractivity contribution is 5.90. The average molecular weight is 282 g/mol. The van der Waals surface area contributed by atoms with Crippen LogP contribution in [0.5, 0.6) is 0 Å². The van der Waals surface area contributed by atoms with Crippen molar-refractivity contribution in [1.82, 2.24) is 9.97 Å². The Morgan fingerprint density at radius 3 is 2.05 bits per heavy atom. The molecule has 0 aliphatic heterocycles. The minimum absolute atomic E-state index is 0.425. The number of benzene rings is 2. The van der Waals surface area contributed by atoms with Gasteiger partial charge in [-0.25, -0.2) is 4.98 Å². The maximum Gasteiger partial charge on any atom is 0.0919 e. The Bertz CT molecular complexity index is 672. The first-order valence-corrected chi connectivity index (χ1v) is 6.31. The van der Waals surface area contributed by atoms with Crippen LogP contribution in [-0.2, 0) is 0 Å². The molecule has 108 valence electrons. The summed E-state index contributed by atoms with van der Waals surface area (Å²) in [6.07, 6.45) is 5.08. The predicted octanol–water partition coefficient (Wildman–Crippen LogP) is 2.09. The van der Waals surface area contributed by atoms with E-state index in [1.165, 1.54) is 0 Å². The fourth-order valence-corrected chi connectivity index (χ4v) is 1.78. The SMILES string of the molecule is Nc1ccc(-c2ccc(N)c(N)c2N)cc1.c1c[nH]cn1. The standard InChI is InChI=1S/C12H14N4.C3H4N2/c13-8-3-1-7(2-4-8)9-5-6-10(14)12(16)11(9)15;1-2-5-3-4-1/h1-6H,13-16H2;1-3H,(H,4,5). The second-order valence-corrected chi connectivity index (χ2v) is 4.41. The van der Waals surface area contributed by atoms with Gasteiger partial charge >= 0.3 is 0 Å². The van der Waals surface area contributed by atoms with Crippen LogP contribution in [0.3, 0.4) is 0 Å². The van der Waals surface area contributed by atoms with E-state index in [4.69, 9.17) is 22.9 Å². The molecule has 0 spiro atoms. The Morgan fingerprint density at radius 2 is 1.52 bits per heavy atom. The maximum atomic E-state index is 5.92. The molecule has 0 unspecified atom stereocenters. The number of anilines is 4. The summed E-state index contributed by atoms with van der Waals surface area (Å²) in [6.45, 7) is 0. The van der Waals surface area contributed by atoms with E-state index in [0.29, 0.717) is 22.7 Å². The number of hydrogen-bond donors (Lipinski definition) is 5. The van der Waals surface area contributed by atoms with Gasteiger partial charge in [0.2, 0.25) is 0 Å². The van der Waals surface area contributed by atoms with Gasteiger partial charge in [-0.2, -0.15) is 0 Å².